The molecule has 0 aromatic heterocycles. The van der Waals surface area contributed by atoms with Crippen molar-refractivity contribution in [3.05, 3.63) is 23.8 Å². The molecule has 4 saturated carbocycles. The maximum absolute atomic E-state index is 11.4. The Labute approximate surface area is 191 Å². The first-order valence-corrected chi connectivity index (χ1v) is 13.2. The zero-order chi connectivity index (χ0) is 22.8. The van der Waals surface area contributed by atoms with Crippen LogP contribution in [-0.4, -0.2) is 22.4 Å². The molecule has 0 amide bonds. The molecule has 9 atom stereocenters. The lowest BCUT2D eigenvalue weighted by molar-refractivity contribution is -0.0193. The molecular weight excluding hydrogens is 380 g/mol. The van der Waals surface area contributed by atoms with E-state index in [1.165, 1.54) is 31.3 Å². The molecule has 2 N–H and O–H groups in total. The Morgan fingerprint density at radius 3 is 2.35 bits per heavy atom. The molecule has 4 aliphatic carbocycles. The highest BCUT2D eigenvalue weighted by Gasteiger charge is 2.72. The lowest BCUT2D eigenvalue weighted by atomic mass is 9.60. The van der Waals surface area contributed by atoms with E-state index < -0.39 is 6.10 Å². The van der Waals surface area contributed by atoms with Crippen LogP contribution in [0.2, 0.25) is 0 Å². The highest BCUT2D eigenvalue weighted by Crippen LogP contribution is 2.74. The van der Waals surface area contributed by atoms with E-state index in [-0.39, 0.29) is 16.9 Å². The van der Waals surface area contributed by atoms with E-state index in [9.17, 15) is 10.2 Å². The van der Waals surface area contributed by atoms with Gasteiger partial charge in [0.2, 0.25) is 0 Å². The van der Waals surface area contributed by atoms with E-state index in [1.807, 2.05) is 0 Å². The predicted octanol–water partition coefficient (Wildman–Crippen LogP) is 6.77. The minimum Gasteiger partial charge on any atom is -0.393 e. The zero-order valence-corrected chi connectivity index (χ0v) is 21.2. The summed E-state index contributed by atoms with van der Waals surface area (Å²) in [7, 11) is 0. The van der Waals surface area contributed by atoms with Gasteiger partial charge in [-0.15, -0.1) is 0 Å². The van der Waals surface area contributed by atoms with Crippen molar-refractivity contribution in [1.82, 2.24) is 0 Å². The van der Waals surface area contributed by atoms with Crippen molar-refractivity contribution < 1.29 is 10.2 Å². The molecule has 0 aliphatic heterocycles. The molecule has 0 spiro atoms. The van der Waals surface area contributed by atoms with Gasteiger partial charge in [-0.3, -0.25) is 0 Å². The Bertz CT molecular complexity index is 733. The monoisotopic (exact) mass is 428 g/mol. The van der Waals surface area contributed by atoms with Crippen molar-refractivity contribution in [3.8, 4) is 0 Å². The summed E-state index contributed by atoms with van der Waals surface area (Å²) in [4.78, 5) is 0. The second kappa shape index (κ2) is 8.01. The fourth-order valence-corrected chi connectivity index (χ4v) is 8.25. The van der Waals surface area contributed by atoms with Gasteiger partial charge in [0, 0.05) is 5.41 Å². The highest BCUT2D eigenvalue weighted by molar-refractivity contribution is 5.28. The van der Waals surface area contributed by atoms with Crippen LogP contribution in [0.1, 0.15) is 93.4 Å². The van der Waals surface area contributed by atoms with Gasteiger partial charge in [-0.25, -0.2) is 0 Å². The van der Waals surface area contributed by atoms with Crippen LogP contribution >= 0.6 is 0 Å². The van der Waals surface area contributed by atoms with E-state index in [4.69, 9.17) is 0 Å². The van der Waals surface area contributed by atoms with E-state index >= 15 is 0 Å². The molecule has 31 heavy (non-hydrogen) atoms. The largest absolute Gasteiger partial charge is 0.393 e. The van der Waals surface area contributed by atoms with Crippen LogP contribution in [0.15, 0.2) is 23.8 Å². The normalized spacial score (nSPS) is 45.7. The van der Waals surface area contributed by atoms with Gasteiger partial charge in [-0.05, 0) is 91.3 Å². The molecule has 2 heteroatoms. The van der Waals surface area contributed by atoms with Gasteiger partial charge in [-0.2, -0.15) is 0 Å². The summed E-state index contributed by atoms with van der Waals surface area (Å²) in [6.45, 7) is 16.3. The average molecular weight is 429 g/mol. The van der Waals surface area contributed by atoms with Gasteiger partial charge < -0.3 is 10.2 Å². The molecule has 4 rings (SSSR count). The van der Waals surface area contributed by atoms with Crippen LogP contribution in [0.5, 0.6) is 0 Å². The molecule has 4 unspecified atom stereocenters. The second-order valence-electron chi connectivity index (χ2n) is 13.0. The SMILES string of the molecule is CC(C)[C@@H](C)/C=C/[C@@H](C)[C@H]1CC[C@H]2/C(=C/C(O)C34C[C@H]3CC(O)C4(C)C)CCCC12C. The molecule has 0 bridgehead atoms. The van der Waals surface area contributed by atoms with Crippen LogP contribution < -0.4 is 0 Å². The number of aliphatic hydroxyl groups excluding tert-OH is 2. The summed E-state index contributed by atoms with van der Waals surface area (Å²) in [5.41, 5.74) is 1.62. The molecular formula is C29H48O2. The predicted molar refractivity (Wildman–Crippen MR) is 130 cm³/mol. The summed E-state index contributed by atoms with van der Waals surface area (Å²) in [6.07, 6.45) is 14.9. The van der Waals surface area contributed by atoms with Gasteiger partial charge in [0.15, 0.2) is 0 Å². The fraction of sp³-hybridized carbons (Fsp3) is 0.862. The number of allylic oxidation sites excluding steroid dienone is 3. The highest BCUT2D eigenvalue weighted by atomic mass is 16.3. The second-order valence-corrected chi connectivity index (χ2v) is 13.0. The molecule has 0 radical (unpaired) electrons. The smallest absolute Gasteiger partial charge is 0.0788 e. The topological polar surface area (TPSA) is 40.5 Å². The summed E-state index contributed by atoms with van der Waals surface area (Å²) in [5.74, 6) is 3.83. The number of hydrogen-bond donors (Lipinski definition) is 2. The Hall–Kier alpha value is -0.600. The molecule has 0 saturated heterocycles. The van der Waals surface area contributed by atoms with Crippen LogP contribution in [0.3, 0.4) is 0 Å². The zero-order valence-electron chi connectivity index (χ0n) is 21.2. The Morgan fingerprint density at radius 1 is 1.03 bits per heavy atom. The first kappa shape index (κ1) is 23.6. The summed E-state index contributed by atoms with van der Waals surface area (Å²) in [5, 5.41) is 22.0. The van der Waals surface area contributed by atoms with Crippen molar-refractivity contribution in [1.29, 1.82) is 0 Å². The molecule has 4 aliphatic rings. The van der Waals surface area contributed by atoms with Crippen molar-refractivity contribution in [3.63, 3.8) is 0 Å². The van der Waals surface area contributed by atoms with Gasteiger partial charge >= 0.3 is 0 Å². The lowest BCUT2D eigenvalue weighted by Gasteiger charge is -2.44. The lowest BCUT2D eigenvalue weighted by Crippen LogP contribution is -2.41. The van der Waals surface area contributed by atoms with Crippen LogP contribution in [-0.2, 0) is 0 Å². The Balaban J connectivity index is 1.52. The van der Waals surface area contributed by atoms with Crippen LogP contribution in [0, 0.1) is 51.8 Å². The van der Waals surface area contributed by atoms with Crippen molar-refractivity contribution >= 4 is 0 Å². The standard InChI is InChI=1S/C29H48O2/c1-18(2)19(3)10-11-20(4)23-12-13-24-21(9-8-14-28(23,24)7)15-26(31)29-17-22(29)16-25(30)27(29,5)6/h10-11,15,18-20,22-26,30-31H,8-9,12-14,16-17H2,1-7H3/b11-10+,21-15+/t19-,20+,22+,23+,24-,25?,26?,28?,29?/m0/s1. The molecule has 0 aromatic carbocycles. The van der Waals surface area contributed by atoms with Crippen LogP contribution in [0.4, 0.5) is 0 Å². The molecule has 0 aromatic rings. The third-order valence-electron chi connectivity index (χ3n) is 11.0. The average Bonchev–Trinajstić information content (AvgIpc) is 3.26. The maximum Gasteiger partial charge on any atom is 0.0788 e. The van der Waals surface area contributed by atoms with Crippen molar-refractivity contribution in [2.45, 2.75) is 106 Å². The maximum atomic E-state index is 11.4. The van der Waals surface area contributed by atoms with E-state index in [2.05, 4.69) is 66.7 Å². The van der Waals surface area contributed by atoms with E-state index in [0.717, 1.165) is 25.2 Å². The number of rotatable bonds is 6. The van der Waals surface area contributed by atoms with Gasteiger partial charge in [-0.1, -0.05) is 72.3 Å². The Kier molecular flexibility index (Phi) is 6.09. The summed E-state index contributed by atoms with van der Waals surface area (Å²) < 4.78 is 0. The first-order valence-electron chi connectivity index (χ1n) is 13.2. The third-order valence-corrected chi connectivity index (χ3v) is 11.0. The minimum atomic E-state index is -0.398. The van der Waals surface area contributed by atoms with E-state index in [1.54, 1.807) is 0 Å². The van der Waals surface area contributed by atoms with Crippen molar-refractivity contribution in [2.75, 3.05) is 0 Å². The van der Waals surface area contributed by atoms with Gasteiger partial charge in [0.25, 0.3) is 0 Å². The fourth-order valence-electron chi connectivity index (χ4n) is 8.25. The van der Waals surface area contributed by atoms with Gasteiger partial charge in [0.05, 0.1) is 12.2 Å². The quantitative estimate of drug-likeness (QED) is 0.458. The van der Waals surface area contributed by atoms with Crippen LogP contribution in [0.25, 0.3) is 0 Å². The number of aliphatic hydroxyl groups is 2. The van der Waals surface area contributed by atoms with Crippen molar-refractivity contribution in [2.24, 2.45) is 51.8 Å². The molecule has 4 fully saturated rings. The summed E-state index contributed by atoms with van der Waals surface area (Å²) in [6, 6.07) is 0. The summed E-state index contributed by atoms with van der Waals surface area (Å²) >= 11 is 0. The first-order chi connectivity index (χ1) is 14.4. The van der Waals surface area contributed by atoms with E-state index in [0.29, 0.717) is 35.0 Å². The number of hydrogen-bond acceptors (Lipinski definition) is 2. The number of fused-ring (bicyclic) bond motifs is 2. The molecule has 0 heterocycles. The van der Waals surface area contributed by atoms with Gasteiger partial charge in [0.1, 0.15) is 0 Å². The molecule has 176 valence electrons. The Morgan fingerprint density at radius 2 is 1.74 bits per heavy atom. The third kappa shape index (κ3) is 3.59. The minimum absolute atomic E-state index is 0.0890. The molecule has 2 nitrogen and oxygen atoms in total.